The van der Waals surface area contributed by atoms with Crippen molar-refractivity contribution in [2.75, 3.05) is 6.61 Å². The van der Waals surface area contributed by atoms with Crippen molar-refractivity contribution in [3.05, 3.63) is 42.4 Å². The molecule has 0 spiro atoms. The van der Waals surface area contributed by atoms with Crippen molar-refractivity contribution in [2.45, 2.75) is 44.2 Å². The minimum Gasteiger partial charge on any atom is -0.396 e. The highest BCUT2D eigenvalue weighted by molar-refractivity contribution is 5.68. The molecule has 2 atom stereocenters. The average Bonchev–Trinajstić information content (AvgIpc) is 3.18. The summed E-state index contributed by atoms with van der Waals surface area (Å²) in [5.41, 5.74) is 3.70. The van der Waals surface area contributed by atoms with Gasteiger partial charge in [0.25, 0.3) is 0 Å². The molecule has 0 saturated heterocycles. The predicted octanol–water partition coefficient (Wildman–Crippen LogP) is 3.00. The lowest BCUT2D eigenvalue weighted by atomic mass is 9.78. The van der Waals surface area contributed by atoms with Crippen LogP contribution in [0.3, 0.4) is 0 Å². The Bertz CT molecular complexity index is 674. The monoisotopic (exact) mass is 312 g/mol. The number of aliphatic hydroxyl groups excluding tert-OH is 2. The van der Waals surface area contributed by atoms with E-state index in [0.717, 1.165) is 37.8 Å². The summed E-state index contributed by atoms with van der Waals surface area (Å²) < 4.78 is 2.20. The topological polar surface area (TPSA) is 58.3 Å². The molecule has 0 amide bonds. The minimum atomic E-state index is -0.291. The van der Waals surface area contributed by atoms with Gasteiger partial charge in [0, 0.05) is 12.2 Å². The summed E-state index contributed by atoms with van der Waals surface area (Å²) in [4.78, 5) is 4.29. The lowest BCUT2D eigenvalue weighted by Gasteiger charge is -2.32. The van der Waals surface area contributed by atoms with Crippen molar-refractivity contribution in [3.63, 3.8) is 0 Å². The zero-order valence-corrected chi connectivity index (χ0v) is 13.3. The fourth-order valence-electron chi connectivity index (χ4n) is 4.35. The van der Waals surface area contributed by atoms with Crippen molar-refractivity contribution < 1.29 is 10.2 Å². The van der Waals surface area contributed by atoms with Crippen LogP contribution in [-0.4, -0.2) is 32.5 Å². The van der Waals surface area contributed by atoms with Crippen LogP contribution in [0.2, 0.25) is 0 Å². The molecule has 2 heterocycles. The second-order valence-corrected chi connectivity index (χ2v) is 7.06. The minimum absolute atomic E-state index is 0.189. The summed E-state index contributed by atoms with van der Waals surface area (Å²) in [6.45, 7) is 0.289. The van der Waals surface area contributed by atoms with E-state index < -0.39 is 0 Å². The lowest BCUT2D eigenvalue weighted by Crippen LogP contribution is -2.29. The van der Waals surface area contributed by atoms with E-state index in [1.54, 1.807) is 0 Å². The van der Waals surface area contributed by atoms with E-state index >= 15 is 0 Å². The number of aliphatic hydroxyl groups is 2. The van der Waals surface area contributed by atoms with Gasteiger partial charge >= 0.3 is 0 Å². The summed E-state index contributed by atoms with van der Waals surface area (Å²) >= 11 is 0. The van der Waals surface area contributed by atoms with Gasteiger partial charge in [0.05, 0.1) is 30.4 Å². The van der Waals surface area contributed by atoms with E-state index in [2.05, 4.69) is 33.8 Å². The molecule has 4 heteroatoms. The normalized spacial score (nSPS) is 27.5. The highest BCUT2D eigenvalue weighted by Gasteiger charge is 2.33. The van der Waals surface area contributed by atoms with Crippen molar-refractivity contribution >= 4 is 0 Å². The molecule has 2 aliphatic rings. The Morgan fingerprint density at radius 2 is 1.96 bits per heavy atom. The number of fused-ring (bicyclic) bond motifs is 3. The maximum atomic E-state index is 10.8. The number of aromatic nitrogens is 2. The molecule has 4 nitrogen and oxygen atoms in total. The quantitative estimate of drug-likeness (QED) is 0.912. The molecule has 1 aliphatic carbocycles. The molecule has 0 radical (unpaired) electrons. The first kappa shape index (κ1) is 14.9. The molecule has 1 saturated carbocycles. The standard InChI is InChI=1S/C19H24N2O2/c22-11-13-5-7-14(8-6-13)19(23)9-17-15-3-1-2-4-16(15)18-10-20-12-21(17)18/h1-4,10,12-14,17,19,22-23H,5-9,11H2. The largest absolute Gasteiger partial charge is 0.396 e. The van der Waals surface area contributed by atoms with E-state index in [9.17, 15) is 10.2 Å². The van der Waals surface area contributed by atoms with Crippen molar-refractivity contribution in [1.82, 2.24) is 9.55 Å². The van der Waals surface area contributed by atoms with Gasteiger partial charge in [0.2, 0.25) is 0 Å². The third-order valence-corrected chi connectivity index (χ3v) is 5.76. The molecule has 1 aromatic carbocycles. The molecule has 122 valence electrons. The molecule has 0 bridgehead atoms. The number of hydrogen-bond donors (Lipinski definition) is 2. The van der Waals surface area contributed by atoms with E-state index in [-0.39, 0.29) is 18.8 Å². The van der Waals surface area contributed by atoms with Crippen LogP contribution in [0.1, 0.15) is 43.7 Å². The van der Waals surface area contributed by atoms with Gasteiger partial charge in [-0.15, -0.1) is 0 Å². The first-order chi connectivity index (χ1) is 11.3. The molecule has 1 fully saturated rings. The number of rotatable bonds is 4. The van der Waals surface area contributed by atoms with Gasteiger partial charge in [-0.1, -0.05) is 24.3 Å². The van der Waals surface area contributed by atoms with Gasteiger partial charge in [-0.05, 0) is 49.5 Å². The van der Waals surface area contributed by atoms with E-state index in [1.165, 1.54) is 11.1 Å². The highest BCUT2D eigenvalue weighted by atomic mass is 16.3. The number of imidazole rings is 1. The maximum absolute atomic E-state index is 10.8. The van der Waals surface area contributed by atoms with Crippen LogP contribution in [0.15, 0.2) is 36.8 Å². The van der Waals surface area contributed by atoms with Gasteiger partial charge in [-0.3, -0.25) is 0 Å². The lowest BCUT2D eigenvalue weighted by molar-refractivity contribution is 0.0505. The van der Waals surface area contributed by atoms with Crippen LogP contribution >= 0.6 is 0 Å². The van der Waals surface area contributed by atoms with Gasteiger partial charge in [0.1, 0.15) is 0 Å². The first-order valence-electron chi connectivity index (χ1n) is 8.68. The van der Waals surface area contributed by atoms with Gasteiger partial charge in [-0.2, -0.15) is 0 Å². The Labute approximate surface area is 136 Å². The van der Waals surface area contributed by atoms with E-state index in [0.29, 0.717) is 11.8 Å². The average molecular weight is 312 g/mol. The second-order valence-electron chi connectivity index (χ2n) is 7.06. The maximum Gasteiger partial charge on any atom is 0.0956 e. The molecule has 2 unspecified atom stereocenters. The Kier molecular flexibility index (Phi) is 3.95. The van der Waals surface area contributed by atoms with Crippen molar-refractivity contribution in [2.24, 2.45) is 11.8 Å². The molecule has 2 aromatic rings. The molecule has 1 aromatic heterocycles. The third-order valence-electron chi connectivity index (χ3n) is 5.76. The van der Waals surface area contributed by atoms with Crippen LogP contribution < -0.4 is 0 Å². The summed E-state index contributed by atoms with van der Waals surface area (Å²) in [5, 5.41) is 20.1. The first-order valence-corrected chi connectivity index (χ1v) is 8.68. The van der Waals surface area contributed by atoms with Gasteiger partial charge in [-0.25, -0.2) is 4.98 Å². The summed E-state index contributed by atoms with van der Waals surface area (Å²) in [6.07, 6.45) is 8.38. The van der Waals surface area contributed by atoms with Crippen molar-refractivity contribution in [1.29, 1.82) is 0 Å². The van der Waals surface area contributed by atoms with Crippen molar-refractivity contribution in [3.8, 4) is 11.3 Å². The Hall–Kier alpha value is -1.65. The Morgan fingerprint density at radius 1 is 1.17 bits per heavy atom. The number of benzene rings is 1. The van der Waals surface area contributed by atoms with Gasteiger partial charge in [0.15, 0.2) is 0 Å². The third kappa shape index (κ3) is 2.60. The summed E-state index contributed by atoms with van der Waals surface area (Å²) in [5.74, 6) is 0.795. The van der Waals surface area contributed by atoms with E-state index in [4.69, 9.17) is 0 Å². The number of hydrogen-bond acceptors (Lipinski definition) is 3. The van der Waals surface area contributed by atoms with Crippen LogP contribution in [0.5, 0.6) is 0 Å². The fourth-order valence-corrected chi connectivity index (χ4v) is 4.35. The van der Waals surface area contributed by atoms with Crippen LogP contribution in [-0.2, 0) is 0 Å². The molecule has 23 heavy (non-hydrogen) atoms. The molecule has 1 aliphatic heterocycles. The Morgan fingerprint density at radius 3 is 2.74 bits per heavy atom. The van der Waals surface area contributed by atoms with Crippen LogP contribution in [0, 0.1) is 11.8 Å². The number of nitrogens with zero attached hydrogens (tertiary/aromatic N) is 2. The van der Waals surface area contributed by atoms with E-state index in [1.807, 2.05) is 12.5 Å². The van der Waals surface area contributed by atoms with Gasteiger partial charge < -0.3 is 14.8 Å². The zero-order chi connectivity index (χ0) is 15.8. The summed E-state index contributed by atoms with van der Waals surface area (Å²) in [7, 11) is 0. The van der Waals surface area contributed by atoms with Crippen LogP contribution in [0.4, 0.5) is 0 Å². The Balaban J connectivity index is 1.51. The fraction of sp³-hybridized carbons (Fsp3) is 0.526. The molecule has 4 rings (SSSR count). The highest BCUT2D eigenvalue weighted by Crippen LogP contribution is 2.43. The summed E-state index contributed by atoms with van der Waals surface area (Å²) in [6, 6.07) is 8.63. The smallest absolute Gasteiger partial charge is 0.0956 e. The predicted molar refractivity (Wildman–Crippen MR) is 89.0 cm³/mol. The second kappa shape index (κ2) is 6.10. The van der Waals surface area contributed by atoms with Crippen LogP contribution in [0.25, 0.3) is 11.3 Å². The molecular weight excluding hydrogens is 288 g/mol. The SMILES string of the molecule is OCC1CCC(C(O)CC2c3ccccc3-c3cncn32)CC1. The zero-order valence-electron chi connectivity index (χ0n) is 13.3. The molecule has 2 N–H and O–H groups in total. The molecular formula is C19H24N2O2.